The van der Waals surface area contributed by atoms with Gasteiger partial charge in [0.2, 0.25) is 0 Å². The Morgan fingerprint density at radius 2 is 1.54 bits per heavy atom. The Bertz CT molecular complexity index is 827. The zero-order valence-electron chi connectivity index (χ0n) is 15.7. The van der Waals surface area contributed by atoms with Crippen molar-refractivity contribution >= 4 is 12.1 Å². The first-order valence-corrected chi connectivity index (χ1v) is 9.97. The molecule has 1 saturated carbocycles. The van der Waals surface area contributed by atoms with E-state index in [-0.39, 0.29) is 18.4 Å². The number of fused-ring (bicyclic) bond motifs is 3. The van der Waals surface area contributed by atoms with Crippen molar-refractivity contribution in [2.75, 3.05) is 6.61 Å². The summed E-state index contributed by atoms with van der Waals surface area (Å²) in [5.74, 6) is -1.37. The van der Waals surface area contributed by atoms with Crippen LogP contribution in [0.15, 0.2) is 48.5 Å². The van der Waals surface area contributed by atoms with E-state index in [1.165, 1.54) is 0 Å². The summed E-state index contributed by atoms with van der Waals surface area (Å²) in [6.07, 6.45) is 3.98. The largest absolute Gasteiger partial charge is 0.548 e. The number of rotatable bonds is 5. The molecule has 1 amide bonds. The number of ether oxygens (including phenoxy) is 1. The highest BCUT2D eigenvalue weighted by atomic mass is 16.5. The highest BCUT2D eigenvalue weighted by Crippen LogP contribution is 2.44. The van der Waals surface area contributed by atoms with Crippen LogP contribution in [0.3, 0.4) is 0 Å². The van der Waals surface area contributed by atoms with Gasteiger partial charge in [-0.1, -0.05) is 67.8 Å². The first kappa shape index (κ1) is 18.5. The second kappa shape index (κ2) is 8.05. The molecular weight excluding hydrogens is 354 g/mol. The smallest absolute Gasteiger partial charge is 0.407 e. The predicted molar refractivity (Wildman–Crippen MR) is 104 cm³/mol. The third-order valence-electron chi connectivity index (χ3n) is 5.99. The molecule has 2 aromatic rings. The number of hydrogen-bond donors (Lipinski definition) is 1. The molecule has 146 valence electrons. The van der Waals surface area contributed by atoms with Crippen LogP contribution in [0.25, 0.3) is 11.1 Å². The zero-order valence-corrected chi connectivity index (χ0v) is 15.7. The highest BCUT2D eigenvalue weighted by Gasteiger charge is 2.30. The maximum Gasteiger partial charge on any atom is 0.407 e. The van der Waals surface area contributed by atoms with Crippen LogP contribution in [0.1, 0.15) is 49.1 Å². The Balaban J connectivity index is 1.44. The molecule has 0 saturated heterocycles. The Kier molecular flexibility index (Phi) is 5.33. The Hall–Kier alpha value is -2.82. The minimum absolute atomic E-state index is 0.0470. The van der Waals surface area contributed by atoms with Gasteiger partial charge in [0.25, 0.3) is 0 Å². The van der Waals surface area contributed by atoms with Gasteiger partial charge in [0.15, 0.2) is 0 Å². The van der Waals surface area contributed by atoms with Gasteiger partial charge in [0, 0.05) is 5.92 Å². The first-order chi connectivity index (χ1) is 13.6. The molecule has 0 unspecified atom stereocenters. The molecular formula is C23H24NO4-. The van der Waals surface area contributed by atoms with Gasteiger partial charge >= 0.3 is 6.09 Å². The zero-order chi connectivity index (χ0) is 19.5. The summed E-state index contributed by atoms with van der Waals surface area (Å²) in [6.45, 7) is 0.171. The lowest BCUT2D eigenvalue weighted by Gasteiger charge is -2.31. The molecule has 0 spiro atoms. The van der Waals surface area contributed by atoms with Gasteiger partial charge in [-0.25, -0.2) is 4.79 Å². The number of carboxylic acid groups (broad SMARTS) is 1. The maximum atomic E-state index is 12.4. The summed E-state index contributed by atoms with van der Waals surface area (Å²) in [5.41, 5.74) is 4.56. The van der Waals surface area contributed by atoms with Crippen molar-refractivity contribution in [3.05, 3.63) is 59.7 Å². The van der Waals surface area contributed by atoms with Crippen LogP contribution in [0, 0.1) is 5.92 Å². The van der Waals surface area contributed by atoms with Gasteiger partial charge in [-0.2, -0.15) is 0 Å². The van der Waals surface area contributed by atoms with E-state index in [0.717, 1.165) is 54.4 Å². The van der Waals surface area contributed by atoms with Crippen molar-refractivity contribution in [3.63, 3.8) is 0 Å². The molecule has 5 nitrogen and oxygen atoms in total. The molecule has 0 aromatic heterocycles. The molecule has 0 radical (unpaired) electrons. The molecule has 1 fully saturated rings. The molecule has 0 bridgehead atoms. The summed E-state index contributed by atoms with van der Waals surface area (Å²) in [6, 6.07) is 15.2. The van der Waals surface area contributed by atoms with Gasteiger partial charge in [0.1, 0.15) is 6.61 Å². The molecule has 5 heteroatoms. The summed E-state index contributed by atoms with van der Waals surface area (Å²) < 4.78 is 5.47. The average molecular weight is 378 g/mol. The van der Waals surface area contributed by atoms with Crippen molar-refractivity contribution in [1.29, 1.82) is 0 Å². The summed E-state index contributed by atoms with van der Waals surface area (Å²) in [5, 5.41) is 14.1. The Morgan fingerprint density at radius 1 is 0.964 bits per heavy atom. The number of carbonyl (C=O) groups is 2. The molecule has 4 rings (SSSR count). The minimum atomic E-state index is -1.24. The second-order valence-electron chi connectivity index (χ2n) is 7.66. The fraction of sp³-hybridized carbons (Fsp3) is 0.391. The van der Waals surface area contributed by atoms with Gasteiger partial charge in [-0.15, -0.1) is 0 Å². The molecule has 0 heterocycles. The minimum Gasteiger partial charge on any atom is -0.548 e. The van der Waals surface area contributed by atoms with E-state index < -0.39 is 18.1 Å². The van der Waals surface area contributed by atoms with Crippen LogP contribution in [0.2, 0.25) is 0 Å². The maximum absolute atomic E-state index is 12.4. The molecule has 0 aliphatic heterocycles. The highest BCUT2D eigenvalue weighted by molar-refractivity contribution is 5.80. The van der Waals surface area contributed by atoms with Crippen molar-refractivity contribution in [1.82, 2.24) is 5.32 Å². The lowest BCUT2D eigenvalue weighted by atomic mass is 9.84. The van der Waals surface area contributed by atoms with Crippen LogP contribution in [-0.2, 0) is 9.53 Å². The van der Waals surface area contributed by atoms with E-state index in [0.29, 0.717) is 0 Å². The summed E-state index contributed by atoms with van der Waals surface area (Å²) in [7, 11) is 0. The predicted octanol–water partition coefficient (Wildman–Crippen LogP) is 3.22. The van der Waals surface area contributed by atoms with E-state index in [4.69, 9.17) is 4.74 Å². The SMILES string of the molecule is O=C(N[C@H](C(=O)[O-])C1CCCCC1)OCC1c2ccccc2-c2ccccc21. The molecule has 2 aromatic carbocycles. The standard InChI is InChI=1S/C23H25NO4/c25-22(26)21(15-8-2-1-3-9-15)24-23(27)28-14-20-18-12-6-4-10-16(18)17-11-5-7-13-19(17)20/h4-7,10-13,15,20-21H,1-3,8-9,14H2,(H,24,27)(H,25,26)/p-1/t21-/m0/s1. The topological polar surface area (TPSA) is 78.5 Å². The Morgan fingerprint density at radius 3 is 2.11 bits per heavy atom. The molecule has 1 atom stereocenters. The Labute approximate surface area is 164 Å². The van der Waals surface area contributed by atoms with Crippen molar-refractivity contribution in [2.24, 2.45) is 5.92 Å². The fourth-order valence-electron chi connectivity index (χ4n) is 4.60. The van der Waals surface area contributed by atoms with Crippen LogP contribution >= 0.6 is 0 Å². The molecule has 28 heavy (non-hydrogen) atoms. The lowest BCUT2D eigenvalue weighted by molar-refractivity contribution is -0.309. The third kappa shape index (κ3) is 3.61. The number of amides is 1. The van der Waals surface area contributed by atoms with Crippen molar-refractivity contribution < 1.29 is 19.4 Å². The number of hydrogen-bond acceptors (Lipinski definition) is 4. The van der Waals surface area contributed by atoms with E-state index in [1.807, 2.05) is 36.4 Å². The van der Waals surface area contributed by atoms with Crippen LogP contribution < -0.4 is 10.4 Å². The second-order valence-corrected chi connectivity index (χ2v) is 7.66. The average Bonchev–Trinajstić information content (AvgIpc) is 3.05. The quantitative estimate of drug-likeness (QED) is 0.866. The molecule has 1 N–H and O–H groups in total. The monoisotopic (exact) mass is 378 g/mol. The lowest BCUT2D eigenvalue weighted by Crippen LogP contribution is -2.52. The van der Waals surface area contributed by atoms with Crippen molar-refractivity contribution in [3.8, 4) is 11.1 Å². The molecule has 2 aliphatic carbocycles. The number of nitrogens with one attached hydrogen (secondary N) is 1. The van der Waals surface area contributed by atoms with Crippen LogP contribution in [-0.4, -0.2) is 24.7 Å². The van der Waals surface area contributed by atoms with Gasteiger partial charge in [-0.3, -0.25) is 0 Å². The summed E-state index contributed by atoms with van der Waals surface area (Å²) >= 11 is 0. The molecule has 2 aliphatic rings. The van der Waals surface area contributed by atoms with E-state index in [9.17, 15) is 14.7 Å². The van der Waals surface area contributed by atoms with E-state index in [2.05, 4.69) is 17.4 Å². The van der Waals surface area contributed by atoms with E-state index >= 15 is 0 Å². The normalized spacial score (nSPS) is 17.4. The first-order valence-electron chi connectivity index (χ1n) is 9.97. The third-order valence-corrected chi connectivity index (χ3v) is 5.99. The van der Waals surface area contributed by atoms with Gasteiger partial charge in [0.05, 0.1) is 12.0 Å². The van der Waals surface area contributed by atoms with Crippen LogP contribution in [0.5, 0.6) is 0 Å². The van der Waals surface area contributed by atoms with E-state index in [1.54, 1.807) is 0 Å². The van der Waals surface area contributed by atoms with Gasteiger partial charge in [-0.05, 0) is 41.0 Å². The summed E-state index contributed by atoms with van der Waals surface area (Å²) in [4.78, 5) is 23.9. The number of benzene rings is 2. The number of alkyl carbamates (subject to hydrolysis) is 1. The number of carboxylic acids is 1. The van der Waals surface area contributed by atoms with Crippen LogP contribution in [0.4, 0.5) is 4.79 Å². The number of aliphatic carboxylic acids is 1. The van der Waals surface area contributed by atoms with Crippen molar-refractivity contribution in [2.45, 2.75) is 44.1 Å². The number of carbonyl (C=O) groups excluding carboxylic acids is 2. The fourth-order valence-corrected chi connectivity index (χ4v) is 4.60. The van der Waals surface area contributed by atoms with Gasteiger partial charge < -0.3 is 20.0 Å².